The van der Waals surface area contributed by atoms with Gasteiger partial charge in [0.1, 0.15) is 0 Å². The van der Waals surface area contributed by atoms with Crippen molar-refractivity contribution in [3.8, 4) is 0 Å². The Morgan fingerprint density at radius 3 is 2.76 bits per heavy atom. The lowest BCUT2D eigenvalue weighted by Crippen LogP contribution is -2.34. The van der Waals surface area contributed by atoms with E-state index in [0.29, 0.717) is 6.54 Å². The van der Waals surface area contributed by atoms with Gasteiger partial charge in [-0.1, -0.05) is 29.8 Å². The summed E-state index contributed by atoms with van der Waals surface area (Å²) in [5, 5.41) is 14.4. The molecule has 0 unspecified atom stereocenters. The second-order valence-corrected chi connectivity index (χ2v) is 5.13. The SMILES string of the molecule is OCC1(NCc2[nH]c3ccccc3c2Cl)CC1. The predicted octanol–water partition coefficient (Wildman–Crippen LogP) is 2.44. The number of halogens is 1. The summed E-state index contributed by atoms with van der Waals surface area (Å²) in [5.41, 5.74) is 2.00. The number of hydrogen-bond acceptors (Lipinski definition) is 2. The van der Waals surface area contributed by atoms with Crippen LogP contribution in [-0.2, 0) is 6.54 Å². The third kappa shape index (κ3) is 1.95. The number of hydrogen-bond donors (Lipinski definition) is 3. The second kappa shape index (κ2) is 4.02. The van der Waals surface area contributed by atoms with Crippen LogP contribution in [0.2, 0.25) is 5.02 Å². The van der Waals surface area contributed by atoms with Crippen LogP contribution in [0, 0.1) is 0 Å². The Morgan fingerprint density at radius 2 is 2.12 bits per heavy atom. The first-order valence-electron chi connectivity index (χ1n) is 5.85. The van der Waals surface area contributed by atoms with Crippen molar-refractivity contribution in [3.05, 3.63) is 35.0 Å². The molecule has 0 radical (unpaired) electrons. The van der Waals surface area contributed by atoms with E-state index in [-0.39, 0.29) is 12.1 Å². The van der Waals surface area contributed by atoms with Crippen molar-refractivity contribution in [2.75, 3.05) is 6.61 Å². The number of benzene rings is 1. The molecule has 17 heavy (non-hydrogen) atoms. The molecule has 0 aliphatic heterocycles. The molecule has 3 nitrogen and oxygen atoms in total. The molecule has 1 saturated carbocycles. The fraction of sp³-hybridized carbons (Fsp3) is 0.385. The van der Waals surface area contributed by atoms with E-state index in [9.17, 15) is 5.11 Å². The van der Waals surface area contributed by atoms with Crippen LogP contribution >= 0.6 is 11.6 Å². The Bertz CT molecular complexity index is 545. The zero-order valence-electron chi connectivity index (χ0n) is 9.46. The third-order valence-corrected chi connectivity index (χ3v) is 3.94. The summed E-state index contributed by atoms with van der Waals surface area (Å²) in [5.74, 6) is 0. The average molecular weight is 251 g/mol. The Balaban J connectivity index is 1.83. The summed E-state index contributed by atoms with van der Waals surface area (Å²) >= 11 is 6.32. The lowest BCUT2D eigenvalue weighted by Gasteiger charge is -2.13. The molecule has 0 saturated heterocycles. The van der Waals surface area contributed by atoms with Crippen LogP contribution in [0.5, 0.6) is 0 Å². The maximum Gasteiger partial charge on any atom is 0.0705 e. The summed E-state index contributed by atoms with van der Waals surface area (Å²) < 4.78 is 0. The van der Waals surface area contributed by atoms with Gasteiger partial charge in [0.05, 0.1) is 11.6 Å². The van der Waals surface area contributed by atoms with Gasteiger partial charge >= 0.3 is 0 Å². The van der Waals surface area contributed by atoms with Crippen molar-refractivity contribution in [1.82, 2.24) is 10.3 Å². The number of fused-ring (bicyclic) bond motifs is 1. The number of aromatic nitrogens is 1. The normalized spacial score (nSPS) is 17.5. The maximum atomic E-state index is 9.24. The van der Waals surface area contributed by atoms with Gasteiger partial charge in [-0.15, -0.1) is 0 Å². The van der Waals surface area contributed by atoms with Crippen molar-refractivity contribution in [1.29, 1.82) is 0 Å². The topological polar surface area (TPSA) is 48.0 Å². The van der Waals surface area contributed by atoms with E-state index >= 15 is 0 Å². The maximum absolute atomic E-state index is 9.24. The molecule has 3 N–H and O–H groups in total. The number of nitrogens with one attached hydrogen (secondary N) is 2. The van der Waals surface area contributed by atoms with Gasteiger partial charge in [-0.2, -0.15) is 0 Å². The van der Waals surface area contributed by atoms with Gasteiger partial charge in [0.25, 0.3) is 0 Å². The second-order valence-electron chi connectivity index (χ2n) is 4.76. The summed E-state index contributed by atoms with van der Waals surface area (Å²) in [6, 6.07) is 8.00. The van der Waals surface area contributed by atoms with Crippen LogP contribution < -0.4 is 5.32 Å². The zero-order chi connectivity index (χ0) is 11.9. The predicted molar refractivity (Wildman–Crippen MR) is 69.2 cm³/mol. The highest BCUT2D eigenvalue weighted by atomic mass is 35.5. The van der Waals surface area contributed by atoms with Crippen molar-refractivity contribution < 1.29 is 5.11 Å². The number of rotatable bonds is 4. The molecule has 1 aliphatic rings. The van der Waals surface area contributed by atoms with Crippen molar-refractivity contribution >= 4 is 22.5 Å². The van der Waals surface area contributed by atoms with Crippen molar-refractivity contribution in [2.24, 2.45) is 0 Å². The first kappa shape index (κ1) is 11.1. The first-order valence-corrected chi connectivity index (χ1v) is 6.23. The molecular weight excluding hydrogens is 236 g/mol. The molecule has 0 atom stereocenters. The van der Waals surface area contributed by atoms with Gasteiger partial charge in [-0.25, -0.2) is 0 Å². The molecule has 2 aromatic rings. The molecule has 0 bridgehead atoms. The van der Waals surface area contributed by atoms with Crippen LogP contribution in [0.15, 0.2) is 24.3 Å². The van der Waals surface area contributed by atoms with Gasteiger partial charge in [-0.3, -0.25) is 0 Å². The minimum Gasteiger partial charge on any atom is -0.394 e. The molecule has 1 aliphatic carbocycles. The van der Waals surface area contributed by atoms with Gasteiger partial charge in [-0.05, 0) is 18.9 Å². The zero-order valence-corrected chi connectivity index (χ0v) is 10.2. The highest BCUT2D eigenvalue weighted by Gasteiger charge is 2.41. The van der Waals surface area contributed by atoms with Crippen molar-refractivity contribution in [2.45, 2.75) is 24.9 Å². The molecule has 0 amide bonds. The van der Waals surface area contributed by atoms with E-state index in [1.807, 2.05) is 24.3 Å². The Morgan fingerprint density at radius 1 is 1.35 bits per heavy atom. The molecule has 1 aromatic heterocycles. The van der Waals surface area contributed by atoms with Crippen LogP contribution in [-0.4, -0.2) is 22.2 Å². The number of aromatic amines is 1. The van der Waals surface area contributed by atoms with Gasteiger partial charge in [0.2, 0.25) is 0 Å². The lowest BCUT2D eigenvalue weighted by atomic mass is 10.2. The van der Waals surface area contributed by atoms with E-state index in [4.69, 9.17) is 11.6 Å². The highest BCUT2D eigenvalue weighted by Crippen LogP contribution is 2.35. The summed E-state index contributed by atoms with van der Waals surface area (Å²) in [7, 11) is 0. The quantitative estimate of drug-likeness (QED) is 0.781. The molecule has 1 fully saturated rings. The lowest BCUT2D eigenvalue weighted by molar-refractivity contribution is 0.229. The highest BCUT2D eigenvalue weighted by molar-refractivity contribution is 6.36. The smallest absolute Gasteiger partial charge is 0.0705 e. The fourth-order valence-electron chi connectivity index (χ4n) is 2.10. The first-order chi connectivity index (χ1) is 8.24. The number of para-hydroxylation sites is 1. The number of aliphatic hydroxyl groups excluding tert-OH is 1. The minimum absolute atomic E-state index is 0.0549. The minimum atomic E-state index is -0.0549. The van der Waals surface area contributed by atoms with E-state index in [1.165, 1.54) is 0 Å². The van der Waals surface area contributed by atoms with E-state index in [0.717, 1.165) is 34.5 Å². The number of H-pyrrole nitrogens is 1. The molecule has 90 valence electrons. The Hall–Kier alpha value is -1.03. The standard InChI is InChI=1S/C13H15ClN2O/c14-12-9-3-1-2-4-10(9)16-11(12)7-15-13(8-17)5-6-13/h1-4,15-17H,5-8H2. The third-order valence-electron chi connectivity index (χ3n) is 3.51. The van der Waals surface area contributed by atoms with Crippen LogP contribution in [0.1, 0.15) is 18.5 Å². The van der Waals surface area contributed by atoms with E-state index < -0.39 is 0 Å². The van der Waals surface area contributed by atoms with Crippen LogP contribution in [0.3, 0.4) is 0 Å². The molecular formula is C13H15ClN2O. The molecule has 1 heterocycles. The molecule has 1 aromatic carbocycles. The number of aliphatic hydroxyl groups is 1. The Labute approximate surface area is 105 Å². The fourth-order valence-corrected chi connectivity index (χ4v) is 2.38. The van der Waals surface area contributed by atoms with E-state index in [1.54, 1.807) is 0 Å². The molecule has 3 rings (SSSR count). The average Bonchev–Trinajstić information content (AvgIpc) is 3.08. The molecule has 4 heteroatoms. The van der Waals surface area contributed by atoms with Crippen molar-refractivity contribution in [3.63, 3.8) is 0 Å². The van der Waals surface area contributed by atoms with Gasteiger partial charge < -0.3 is 15.4 Å². The summed E-state index contributed by atoms with van der Waals surface area (Å²) in [6.07, 6.45) is 2.09. The van der Waals surface area contributed by atoms with Crippen LogP contribution in [0.4, 0.5) is 0 Å². The van der Waals surface area contributed by atoms with Gasteiger partial charge in [0.15, 0.2) is 0 Å². The molecule has 0 spiro atoms. The summed E-state index contributed by atoms with van der Waals surface area (Å²) in [6.45, 7) is 0.874. The largest absolute Gasteiger partial charge is 0.394 e. The van der Waals surface area contributed by atoms with Crippen LogP contribution in [0.25, 0.3) is 10.9 Å². The van der Waals surface area contributed by atoms with Gasteiger partial charge in [0, 0.05) is 28.7 Å². The summed E-state index contributed by atoms with van der Waals surface area (Å²) in [4.78, 5) is 3.31. The van der Waals surface area contributed by atoms with E-state index in [2.05, 4.69) is 10.3 Å². The Kier molecular flexibility index (Phi) is 2.62. The monoisotopic (exact) mass is 250 g/mol.